The SMILES string of the molecule is CCNC(=NCc1ccc(N2CCC(CO)CC2)cc1)N1CCOC(C2CCCO2)C1. The van der Waals surface area contributed by atoms with Gasteiger partial charge in [0.1, 0.15) is 6.10 Å². The molecule has 3 saturated heterocycles. The Morgan fingerprint density at radius 3 is 2.52 bits per heavy atom. The fourth-order valence-electron chi connectivity index (χ4n) is 4.77. The van der Waals surface area contributed by atoms with Crippen LogP contribution in [-0.2, 0) is 16.0 Å². The van der Waals surface area contributed by atoms with Gasteiger partial charge in [0.2, 0.25) is 0 Å². The molecule has 0 spiro atoms. The lowest BCUT2D eigenvalue weighted by Crippen LogP contribution is -2.53. The number of aliphatic imine (C=N–C) groups is 1. The van der Waals surface area contributed by atoms with Crippen LogP contribution in [0.25, 0.3) is 0 Å². The molecule has 2 N–H and O–H groups in total. The number of aliphatic hydroxyl groups excluding tert-OH is 1. The first-order chi connectivity index (χ1) is 15.3. The molecule has 172 valence electrons. The third-order valence-corrected chi connectivity index (χ3v) is 6.69. The molecule has 2 unspecified atom stereocenters. The van der Waals surface area contributed by atoms with Gasteiger partial charge < -0.3 is 29.7 Å². The van der Waals surface area contributed by atoms with E-state index in [-0.39, 0.29) is 12.2 Å². The summed E-state index contributed by atoms with van der Waals surface area (Å²) in [5.41, 5.74) is 2.48. The summed E-state index contributed by atoms with van der Waals surface area (Å²) >= 11 is 0. The molecular weight excluding hydrogens is 392 g/mol. The van der Waals surface area contributed by atoms with Crippen molar-refractivity contribution >= 4 is 11.6 Å². The first-order valence-electron chi connectivity index (χ1n) is 12.0. The minimum absolute atomic E-state index is 0.134. The molecule has 7 heteroatoms. The Morgan fingerprint density at radius 2 is 1.84 bits per heavy atom. The van der Waals surface area contributed by atoms with Crippen molar-refractivity contribution in [2.45, 2.75) is 51.4 Å². The Balaban J connectivity index is 1.34. The van der Waals surface area contributed by atoms with Crippen molar-refractivity contribution in [2.24, 2.45) is 10.9 Å². The summed E-state index contributed by atoms with van der Waals surface area (Å²) < 4.78 is 11.9. The van der Waals surface area contributed by atoms with Crippen molar-refractivity contribution in [1.82, 2.24) is 10.2 Å². The Hall–Kier alpha value is -1.83. The van der Waals surface area contributed by atoms with E-state index in [1.165, 1.54) is 11.3 Å². The first kappa shape index (κ1) is 22.4. The van der Waals surface area contributed by atoms with E-state index in [2.05, 4.69) is 46.3 Å². The van der Waals surface area contributed by atoms with Gasteiger partial charge in [-0.2, -0.15) is 0 Å². The van der Waals surface area contributed by atoms with Crippen molar-refractivity contribution in [3.05, 3.63) is 29.8 Å². The van der Waals surface area contributed by atoms with E-state index in [0.717, 1.165) is 77.6 Å². The van der Waals surface area contributed by atoms with Crippen LogP contribution in [-0.4, -0.2) is 80.7 Å². The minimum Gasteiger partial charge on any atom is -0.396 e. The van der Waals surface area contributed by atoms with Crippen LogP contribution in [0.15, 0.2) is 29.3 Å². The summed E-state index contributed by atoms with van der Waals surface area (Å²) in [6.07, 6.45) is 4.72. The molecule has 3 aliphatic heterocycles. The lowest BCUT2D eigenvalue weighted by Gasteiger charge is -2.37. The molecule has 0 aliphatic carbocycles. The number of piperidine rings is 1. The Morgan fingerprint density at radius 1 is 1.06 bits per heavy atom. The first-order valence-corrected chi connectivity index (χ1v) is 12.0. The third kappa shape index (κ3) is 5.90. The van der Waals surface area contributed by atoms with E-state index in [1.54, 1.807) is 0 Å². The molecule has 4 rings (SSSR count). The maximum Gasteiger partial charge on any atom is 0.194 e. The number of benzene rings is 1. The molecule has 0 aromatic heterocycles. The molecule has 1 aromatic carbocycles. The van der Waals surface area contributed by atoms with Gasteiger partial charge in [-0.25, -0.2) is 4.99 Å². The smallest absolute Gasteiger partial charge is 0.194 e. The predicted molar refractivity (Wildman–Crippen MR) is 124 cm³/mol. The lowest BCUT2D eigenvalue weighted by atomic mass is 9.97. The van der Waals surface area contributed by atoms with Gasteiger partial charge in [-0.05, 0) is 56.2 Å². The van der Waals surface area contributed by atoms with Crippen LogP contribution in [0.2, 0.25) is 0 Å². The van der Waals surface area contributed by atoms with Gasteiger partial charge in [-0.15, -0.1) is 0 Å². The number of hydrogen-bond acceptors (Lipinski definition) is 5. The zero-order valence-electron chi connectivity index (χ0n) is 18.8. The number of nitrogens with one attached hydrogen (secondary N) is 1. The molecule has 31 heavy (non-hydrogen) atoms. The fourth-order valence-corrected chi connectivity index (χ4v) is 4.77. The third-order valence-electron chi connectivity index (χ3n) is 6.69. The normalized spacial score (nSPS) is 25.8. The Labute approximate surface area is 186 Å². The summed E-state index contributed by atoms with van der Waals surface area (Å²) in [7, 11) is 0. The fraction of sp³-hybridized carbons (Fsp3) is 0.708. The van der Waals surface area contributed by atoms with Crippen LogP contribution in [0, 0.1) is 5.92 Å². The van der Waals surface area contributed by atoms with Gasteiger partial charge in [-0.3, -0.25) is 0 Å². The van der Waals surface area contributed by atoms with Crippen LogP contribution in [0.5, 0.6) is 0 Å². The molecule has 3 heterocycles. The number of rotatable bonds is 6. The second-order valence-electron chi connectivity index (χ2n) is 8.86. The minimum atomic E-state index is 0.134. The van der Waals surface area contributed by atoms with Crippen molar-refractivity contribution in [1.29, 1.82) is 0 Å². The molecule has 7 nitrogen and oxygen atoms in total. The zero-order valence-corrected chi connectivity index (χ0v) is 18.8. The number of hydrogen-bond donors (Lipinski definition) is 2. The number of guanidine groups is 1. The van der Waals surface area contributed by atoms with Crippen molar-refractivity contribution in [3.63, 3.8) is 0 Å². The predicted octanol–water partition coefficient (Wildman–Crippen LogP) is 2.24. The van der Waals surface area contributed by atoms with Crippen LogP contribution < -0.4 is 10.2 Å². The monoisotopic (exact) mass is 430 g/mol. The highest BCUT2D eigenvalue weighted by Crippen LogP contribution is 2.24. The standard InChI is InChI=1S/C24H38N4O3/c1-2-25-24(28-13-15-31-23(17-28)22-4-3-14-30-22)26-16-19-5-7-21(8-6-19)27-11-9-20(18-29)10-12-27/h5-8,20,22-23,29H,2-4,9-18H2,1H3,(H,25,26). The van der Waals surface area contributed by atoms with Crippen LogP contribution in [0.3, 0.4) is 0 Å². The summed E-state index contributed by atoms with van der Waals surface area (Å²) in [4.78, 5) is 9.66. The highest BCUT2D eigenvalue weighted by atomic mass is 16.5. The van der Waals surface area contributed by atoms with Crippen LogP contribution in [0.4, 0.5) is 5.69 Å². The lowest BCUT2D eigenvalue weighted by molar-refractivity contribution is -0.0817. The molecule has 3 fully saturated rings. The van der Waals surface area contributed by atoms with Crippen molar-refractivity contribution < 1.29 is 14.6 Å². The summed E-state index contributed by atoms with van der Waals surface area (Å²) in [5, 5.41) is 12.8. The molecule has 3 aliphatic rings. The number of nitrogens with zero attached hydrogens (tertiary/aromatic N) is 3. The highest BCUT2D eigenvalue weighted by Gasteiger charge is 2.32. The average molecular weight is 431 g/mol. The largest absolute Gasteiger partial charge is 0.396 e. The topological polar surface area (TPSA) is 69.6 Å². The molecule has 0 radical (unpaired) electrons. The zero-order chi connectivity index (χ0) is 21.5. The van der Waals surface area contributed by atoms with Crippen LogP contribution >= 0.6 is 0 Å². The summed E-state index contributed by atoms with van der Waals surface area (Å²) in [6, 6.07) is 8.79. The van der Waals surface area contributed by atoms with Gasteiger partial charge in [0.05, 0.1) is 19.3 Å². The maximum atomic E-state index is 9.34. The van der Waals surface area contributed by atoms with E-state index < -0.39 is 0 Å². The van der Waals surface area contributed by atoms with E-state index in [9.17, 15) is 5.11 Å². The second-order valence-corrected chi connectivity index (χ2v) is 8.86. The number of aliphatic hydroxyl groups is 1. The van der Waals surface area contributed by atoms with Crippen molar-refractivity contribution in [3.8, 4) is 0 Å². The molecule has 2 atom stereocenters. The van der Waals surface area contributed by atoms with Gasteiger partial charge in [-0.1, -0.05) is 12.1 Å². The highest BCUT2D eigenvalue weighted by molar-refractivity contribution is 5.80. The summed E-state index contributed by atoms with van der Waals surface area (Å²) in [6.45, 7) is 9.26. The number of morpholine rings is 1. The molecule has 0 bridgehead atoms. The van der Waals surface area contributed by atoms with Gasteiger partial charge in [0.25, 0.3) is 0 Å². The van der Waals surface area contributed by atoms with Gasteiger partial charge >= 0.3 is 0 Å². The molecule has 0 amide bonds. The molecule has 0 saturated carbocycles. The number of ether oxygens (including phenoxy) is 2. The van der Waals surface area contributed by atoms with E-state index >= 15 is 0 Å². The quantitative estimate of drug-likeness (QED) is 0.533. The van der Waals surface area contributed by atoms with E-state index in [4.69, 9.17) is 14.5 Å². The molecular formula is C24H38N4O3. The average Bonchev–Trinajstić information content (AvgIpc) is 3.37. The Bertz CT molecular complexity index is 697. The van der Waals surface area contributed by atoms with Crippen molar-refractivity contribution in [2.75, 3.05) is 57.4 Å². The van der Waals surface area contributed by atoms with Gasteiger partial charge in [0.15, 0.2) is 5.96 Å². The Kier molecular flexibility index (Phi) is 8.05. The van der Waals surface area contributed by atoms with Gasteiger partial charge in [0, 0.05) is 51.6 Å². The summed E-state index contributed by atoms with van der Waals surface area (Å²) in [5.74, 6) is 1.43. The van der Waals surface area contributed by atoms with E-state index in [1.807, 2.05) is 0 Å². The number of anilines is 1. The second kappa shape index (κ2) is 11.2. The molecule has 1 aromatic rings. The maximum absolute atomic E-state index is 9.34. The van der Waals surface area contributed by atoms with E-state index in [0.29, 0.717) is 19.1 Å². The van der Waals surface area contributed by atoms with Crippen LogP contribution in [0.1, 0.15) is 38.2 Å².